The average Bonchev–Trinajstić information content (AvgIpc) is 2.19. The van der Waals surface area contributed by atoms with Gasteiger partial charge in [-0.15, -0.1) is 0 Å². The van der Waals surface area contributed by atoms with Crippen molar-refractivity contribution in [3.8, 4) is 5.75 Å². The molecule has 0 atom stereocenters. The van der Waals surface area contributed by atoms with E-state index in [-0.39, 0.29) is 5.02 Å². The average molecular weight is 287 g/mol. The van der Waals surface area contributed by atoms with Gasteiger partial charge in [-0.2, -0.15) is 0 Å². The Hall–Kier alpha value is -0.290. The SMILES string of the molecule is [2H]C([2H])(NC([2H])([2H])C([2H])([2H])O)c1cc(Br)cc(Cl)c1O. The summed E-state index contributed by atoms with van der Waals surface area (Å²) < 4.78 is 44.3. The summed E-state index contributed by atoms with van der Waals surface area (Å²) in [5.74, 6) is -0.610. The highest BCUT2D eigenvalue weighted by Gasteiger charge is 2.06. The predicted molar refractivity (Wildman–Crippen MR) is 59.6 cm³/mol. The van der Waals surface area contributed by atoms with Crippen LogP contribution in [0.1, 0.15) is 13.8 Å². The standard InChI is InChI=1S/C9H11BrClNO2/c10-7-3-6(5-12-1-2-13)9(14)8(11)4-7/h3-4,12-14H,1-2,5H2/i1D2,2D2,5D2. The lowest BCUT2D eigenvalue weighted by molar-refractivity contribution is 0.291. The van der Waals surface area contributed by atoms with Gasteiger partial charge in [0, 0.05) is 28.5 Å². The molecular weight excluding hydrogens is 269 g/mol. The van der Waals surface area contributed by atoms with Crippen LogP contribution >= 0.6 is 27.5 Å². The minimum atomic E-state index is -3.33. The topological polar surface area (TPSA) is 52.5 Å². The van der Waals surface area contributed by atoms with Crippen LogP contribution in [0.5, 0.6) is 5.75 Å². The molecule has 0 aliphatic rings. The van der Waals surface area contributed by atoms with Crippen LogP contribution in [0, 0.1) is 0 Å². The molecule has 78 valence electrons. The van der Waals surface area contributed by atoms with Crippen molar-refractivity contribution in [1.29, 1.82) is 0 Å². The Morgan fingerprint density at radius 2 is 2.29 bits per heavy atom. The van der Waals surface area contributed by atoms with Gasteiger partial charge in [-0.05, 0) is 12.1 Å². The van der Waals surface area contributed by atoms with E-state index in [1.54, 1.807) is 5.32 Å². The molecule has 0 amide bonds. The normalized spacial score (nSPS) is 19.9. The molecule has 0 unspecified atom stereocenters. The third-order valence-electron chi connectivity index (χ3n) is 1.34. The molecule has 3 nitrogen and oxygen atoms in total. The first kappa shape index (κ1) is 5.70. The van der Waals surface area contributed by atoms with Gasteiger partial charge in [0.25, 0.3) is 0 Å². The molecule has 0 aliphatic carbocycles. The van der Waals surface area contributed by atoms with Crippen molar-refractivity contribution in [2.75, 3.05) is 13.1 Å². The lowest BCUT2D eigenvalue weighted by Crippen LogP contribution is -2.17. The zero-order chi connectivity index (χ0) is 15.9. The lowest BCUT2D eigenvalue weighted by atomic mass is 10.2. The zero-order valence-corrected chi connectivity index (χ0v) is 9.15. The van der Waals surface area contributed by atoms with Gasteiger partial charge in [-0.3, -0.25) is 0 Å². The molecule has 0 radical (unpaired) electrons. The summed E-state index contributed by atoms with van der Waals surface area (Å²) in [6.07, 6.45) is 0. The summed E-state index contributed by atoms with van der Waals surface area (Å²) in [5.41, 5.74) is -0.398. The van der Waals surface area contributed by atoms with Crippen LogP contribution in [0.15, 0.2) is 16.6 Å². The summed E-state index contributed by atoms with van der Waals surface area (Å²) in [6, 6.07) is 2.48. The highest BCUT2D eigenvalue weighted by atomic mass is 79.9. The van der Waals surface area contributed by atoms with E-state index in [1.165, 1.54) is 6.07 Å². The van der Waals surface area contributed by atoms with Crippen LogP contribution in [-0.4, -0.2) is 23.3 Å². The Morgan fingerprint density at radius 1 is 1.57 bits per heavy atom. The van der Waals surface area contributed by atoms with Crippen molar-refractivity contribution in [2.45, 2.75) is 6.50 Å². The van der Waals surface area contributed by atoms with E-state index < -0.39 is 30.9 Å². The number of rotatable bonds is 4. The summed E-state index contributed by atoms with van der Waals surface area (Å²) in [6.45, 7) is -9.11. The van der Waals surface area contributed by atoms with Gasteiger partial charge in [0.1, 0.15) is 5.75 Å². The number of hydrogen-bond acceptors (Lipinski definition) is 3. The lowest BCUT2D eigenvalue weighted by Gasteiger charge is -2.07. The molecule has 0 heterocycles. The van der Waals surface area contributed by atoms with E-state index >= 15 is 0 Å². The molecule has 0 saturated carbocycles. The number of phenols is 1. The Bertz CT molecular complexity index is 522. The third-order valence-corrected chi connectivity index (χ3v) is 2.09. The van der Waals surface area contributed by atoms with Crippen LogP contribution in [0.4, 0.5) is 0 Å². The number of aliphatic hydroxyl groups is 1. The van der Waals surface area contributed by atoms with Gasteiger partial charge in [0.15, 0.2) is 0 Å². The molecule has 0 aliphatic heterocycles. The predicted octanol–water partition coefficient (Wildman–Crippen LogP) is 1.89. The second-order valence-electron chi connectivity index (χ2n) is 2.27. The van der Waals surface area contributed by atoms with Gasteiger partial charge in [-0.25, -0.2) is 0 Å². The molecule has 1 rings (SSSR count). The first-order valence-corrected chi connectivity index (χ1v) is 4.65. The van der Waals surface area contributed by atoms with Crippen molar-refractivity contribution in [1.82, 2.24) is 5.32 Å². The van der Waals surface area contributed by atoms with Crippen molar-refractivity contribution in [3.63, 3.8) is 0 Å². The fourth-order valence-electron chi connectivity index (χ4n) is 0.788. The van der Waals surface area contributed by atoms with Gasteiger partial charge in [-0.1, -0.05) is 27.5 Å². The molecule has 1 aromatic rings. The maximum Gasteiger partial charge on any atom is 0.138 e. The number of nitrogens with one attached hydrogen (secondary N) is 1. The molecule has 1 aromatic carbocycles. The van der Waals surface area contributed by atoms with E-state index in [9.17, 15) is 5.11 Å². The van der Waals surface area contributed by atoms with E-state index in [0.29, 0.717) is 4.47 Å². The fourth-order valence-corrected chi connectivity index (χ4v) is 1.60. The van der Waals surface area contributed by atoms with Crippen molar-refractivity contribution >= 4 is 27.5 Å². The van der Waals surface area contributed by atoms with Crippen molar-refractivity contribution in [2.24, 2.45) is 0 Å². The van der Waals surface area contributed by atoms with E-state index in [2.05, 4.69) is 15.9 Å². The van der Waals surface area contributed by atoms with Gasteiger partial charge in [0.2, 0.25) is 0 Å². The Kier molecular flexibility index (Phi) is 2.26. The second-order valence-corrected chi connectivity index (χ2v) is 3.59. The molecule has 0 saturated heterocycles. The number of phenolic OH excluding ortho intramolecular Hbond substituents is 1. The summed E-state index contributed by atoms with van der Waals surface area (Å²) in [7, 11) is 0. The summed E-state index contributed by atoms with van der Waals surface area (Å²) in [4.78, 5) is 0. The quantitative estimate of drug-likeness (QED) is 0.792. The van der Waals surface area contributed by atoms with Crippen LogP contribution in [0.3, 0.4) is 0 Å². The molecule has 14 heavy (non-hydrogen) atoms. The molecule has 0 fully saturated rings. The maximum absolute atomic E-state index is 9.75. The van der Waals surface area contributed by atoms with Gasteiger partial charge in [0.05, 0.1) is 14.3 Å². The van der Waals surface area contributed by atoms with E-state index in [4.69, 9.17) is 24.9 Å². The highest BCUT2D eigenvalue weighted by Crippen LogP contribution is 2.31. The first-order valence-electron chi connectivity index (χ1n) is 6.48. The van der Waals surface area contributed by atoms with Gasteiger partial charge < -0.3 is 15.5 Å². The number of aromatic hydroxyl groups is 1. The van der Waals surface area contributed by atoms with Crippen LogP contribution in [-0.2, 0) is 6.50 Å². The smallest absolute Gasteiger partial charge is 0.138 e. The first-order chi connectivity index (χ1) is 8.78. The number of halogens is 2. The van der Waals surface area contributed by atoms with Gasteiger partial charge >= 0.3 is 0 Å². The largest absolute Gasteiger partial charge is 0.506 e. The van der Waals surface area contributed by atoms with Crippen LogP contribution < -0.4 is 5.32 Å². The van der Waals surface area contributed by atoms with E-state index in [1.807, 2.05) is 0 Å². The molecule has 3 N–H and O–H groups in total. The third kappa shape index (κ3) is 3.13. The minimum Gasteiger partial charge on any atom is -0.506 e. The fraction of sp³-hybridized carbons (Fsp3) is 0.333. The van der Waals surface area contributed by atoms with Crippen LogP contribution in [0.2, 0.25) is 5.02 Å². The second kappa shape index (κ2) is 5.56. The van der Waals surface area contributed by atoms with Crippen molar-refractivity contribution < 1.29 is 18.4 Å². The Morgan fingerprint density at radius 3 is 2.93 bits per heavy atom. The van der Waals surface area contributed by atoms with Crippen LogP contribution in [0.25, 0.3) is 0 Å². The van der Waals surface area contributed by atoms with E-state index in [0.717, 1.165) is 6.07 Å². The molecule has 0 bridgehead atoms. The summed E-state index contributed by atoms with van der Waals surface area (Å²) in [5, 5.41) is 20.3. The minimum absolute atomic E-state index is 0.160. The monoisotopic (exact) mass is 285 g/mol. The highest BCUT2D eigenvalue weighted by molar-refractivity contribution is 9.10. The molecule has 0 spiro atoms. The maximum atomic E-state index is 9.75. The number of hydrogen-bond donors (Lipinski definition) is 3. The summed E-state index contributed by atoms with van der Waals surface area (Å²) >= 11 is 8.75. The Labute approximate surface area is 104 Å². The molecular formula is C9H11BrClNO2. The number of benzene rings is 1. The molecule has 0 aromatic heterocycles. The Balaban J connectivity index is 3.25. The van der Waals surface area contributed by atoms with Crippen molar-refractivity contribution in [3.05, 3.63) is 27.2 Å². The molecule has 5 heteroatoms. The zero-order valence-electron chi connectivity index (χ0n) is 12.8.